The van der Waals surface area contributed by atoms with E-state index in [9.17, 15) is 8.78 Å². The number of hydrogen-bond acceptors (Lipinski definition) is 1. The van der Waals surface area contributed by atoms with Gasteiger partial charge in [0.15, 0.2) is 0 Å². The third-order valence-corrected chi connectivity index (χ3v) is 2.54. The SMILES string of the molecule is Cl.Fc1ccc(Cl)c(F)c1[C@@H]1CCN1. The lowest BCUT2D eigenvalue weighted by Crippen LogP contribution is -2.36. The summed E-state index contributed by atoms with van der Waals surface area (Å²) in [5.41, 5.74) is 0.0683. The first kappa shape index (κ1) is 11.7. The molecule has 1 atom stereocenters. The summed E-state index contributed by atoms with van der Waals surface area (Å²) >= 11 is 5.54. The number of hydrogen-bond donors (Lipinski definition) is 1. The predicted octanol–water partition coefficient (Wildman–Crippen LogP) is 3.07. The van der Waals surface area contributed by atoms with Crippen LogP contribution in [-0.2, 0) is 0 Å². The molecule has 1 aromatic carbocycles. The van der Waals surface area contributed by atoms with Crippen LogP contribution in [0.3, 0.4) is 0 Å². The van der Waals surface area contributed by atoms with Gasteiger partial charge in [0.2, 0.25) is 0 Å². The Morgan fingerprint density at radius 1 is 1.36 bits per heavy atom. The fourth-order valence-corrected chi connectivity index (χ4v) is 1.56. The highest BCUT2D eigenvalue weighted by molar-refractivity contribution is 6.30. The minimum atomic E-state index is -0.640. The van der Waals surface area contributed by atoms with Gasteiger partial charge in [-0.25, -0.2) is 8.78 Å². The largest absolute Gasteiger partial charge is 0.310 e. The van der Waals surface area contributed by atoms with Crippen LogP contribution in [0.25, 0.3) is 0 Å². The van der Waals surface area contributed by atoms with Crippen molar-refractivity contribution in [2.75, 3.05) is 6.54 Å². The van der Waals surface area contributed by atoms with Gasteiger partial charge in [-0.05, 0) is 25.1 Å². The maximum atomic E-state index is 13.3. The van der Waals surface area contributed by atoms with Gasteiger partial charge in [0.1, 0.15) is 11.6 Å². The van der Waals surface area contributed by atoms with Crippen molar-refractivity contribution in [2.24, 2.45) is 0 Å². The number of halogens is 4. The molecule has 0 saturated carbocycles. The summed E-state index contributed by atoms with van der Waals surface area (Å²) in [6.07, 6.45) is 0.758. The highest BCUT2D eigenvalue weighted by Gasteiger charge is 2.26. The van der Waals surface area contributed by atoms with Crippen molar-refractivity contribution in [3.8, 4) is 0 Å². The van der Waals surface area contributed by atoms with E-state index in [1.807, 2.05) is 0 Å². The van der Waals surface area contributed by atoms with Crippen molar-refractivity contribution in [3.63, 3.8) is 0 Å². The van der Waals surface area contributed by atoms with Gasteiger partial charge in [-0.3, -0.25) is 0 Å². The van der Waals surface area contributed by atoms with Crippen LogP contribution in [0.5, 0.6) is 0 Å². The first-order chi connectivity index (χ1) is 6.20. The van der Waals surface area contributed by atoms with E-state index >= 15 is 0 Å². The average Bonchev–Trinajstić information content (AvgIpc) is 2.02. The Bertz CT molecular complexity index is 340. The van der Waals surface area contributed by atoms with Crippen LogP contribution in [0.2, 0.25) is 5.02 Å². The molecule has 1 nitrogen and oxygen atoms in total. The summed E-state index contributed by atoms with van der Waals surface area (Å²) in [5.74, 6) is -1.17. The summed E-state index contributed by atoms with van der Waals surface area (Å²) in [6.45, 7) is 0.802. The summed E-state index contributed by atoms with van der Waals surface area (Å²) in [6, 6.07) is 2.22. The molecule has 1 aromatic rings. The Morgan fingerprint density at radius 3 is 2.50 bits per heavy atom. The van der Waals surface area contributed by atoms with Crippen LogP contribution in [0, 0.1) is 11.6 Å². The molecule has 0 aliphatic carbocycles. The monoisotopic (exact) mass is 239 g/mol. The average molecular weight is 240 g/mol. The molecule has 0 bridgehead atoms. The third-order valence-electron chi connectivity index (χ3n) is 2.25. The van der Waals surface area contributed by atoms with Gasteiger partial charge in [0.05, 0.1) is 5.02 Å². The molecule has 78 valence electrons. The third kappa shape index (κ3) is 1.85. The van der Waals surface area contributed by atoms with E-state index in [0.29, 0.717) is 0 Å². The van der Waals surface area contributed by atoms with Crippen molar-refractivity contribution < 1.29 is 8.78 Å². The number of nitrogens with one attached hydrogen (secondary N) is 1. The summed E-state index contributed by atoms with van der Waals surface area (Å²) in [5, 5.41) is 2.91. The maximum absolute atomic E-state index is 13.3. The van der Waals surface area contributed by atoms with E-state index in [1.165, 1.54) is 12.1 Å². The van der Waals surface area contributed by atoms with E-state index < -0.39 is 11.6 Å². The normalized spacial score (nSPS) is 19.8. The van der Waals surface area contributed by atoms with E-state index in [1.54, 1.807) is 0 Å². The van der Waals surface area contributed by atoms with Crippen LogP contribution in [0.15, 0.2) is 12.1 Å². The lowest BCUT2D eigenvalue weighted by molar-refractivity contribution is 0.356. The summed E-state index contributed by atoms with van der Waals surface area (Å²) < 4.78 is 26.5. The molecule has 1 fully saturated rings. The van der Waals surface area contributed by atoms with Gasteiger partial charge in [0, 0.05) is 11.6 Å². The van der Waals surface area contributed by atoms with Crippen molar-refractivity contribution in [3.05, 3.63) is 34.4 Å². The van der Waals surface area contributed by atoms with E-state index in [-0.39, 0.29) is 29.0 Å². The topological polar surface area (TPSA) is 12.0 Å². The van der Waals surface area contributed by atoms with E-state index in [4.69, 9.17) is 11.6 Å². The van der Waals surface area contributed by atoms with Crippen LogP contribution in [-0.4, -0.2) is 6.54 Å². The molecule has 1 saturated heterocycles. The van der Waals surface area contributed by atoms with Crippen molar-refractivity contribution in [1.82, 2.24) is 5.32 Å². The fourth-order valence-electron chi connectivity index (χ4n) is 1.40. The van der Waals surface area contributed by atoms with Gasteiger partial charge in [-0.2, -0.15) is 0 Å². The maximum Gasteiger partial charge on any atom is 0.149 e. The van der Waals surface area contributed by atoms with Crippen LogP contribution in [0.1, 0.15) is 18.0 Å². The molecule has 2 rings (SSSR count). The second kappa shape index (κ2) is 4.43. The second-order valence-corrected chi connectivity index (χ2v) is 3.46. The van der Waals surface area contributed by atoms with Gasteiger partial charge in [-0.15, -0.1) is 12.4 Å². The molecule has 14 heavy (non-hydrogen) atoms. The molecule has 0 spiro atoms. The van der Waals surface area contributed by atoms with Gasteiger partial charge >= 0.3 is 0 Å². The fraction of sp³-hybridized carbons (Fsp3) is 0.333. The van der Waals surface area contributed by atoms with E-state index in [2.05, 4.69) is 5.32 Å². The number of rotatable bonds is 1. The molecular weight excluding hydrogens is 231 g/mol. The Labute approximate surface area is 91.9 Å². The molecule has 0 unspecified atom stereocenters. The van der Waals surface area contributed by atoms with E-state index in [0.717, 1.165) is 13.0 Å². The molecule has 0 aromatic heterocycles. The summed E-state index contributed by atoms with van der Waals surface area (Å²) in [7, 11) is 0. The van der Waals surface area contributed by atoms with Crippen LogP contribution >= 0.6 is 24.0 Å². The lowest BCUT2D eigenvalue weighted by atomic mass is 9.97. The molecule has 5 heteroatoms. The van der Waals surface area contributed by atoms with Gasteiger partial charge < -0.3 is 5.32 Å². The van der Waals surface area contributed by atoms with Crippen molar-refractivity contribution in [1.29, 1.82) is 0 Å². The first-order valence-corrected chi connectivity index (χ1v) is 4.44. The zero-order valence-corrected chi connectivity index (χ0v) is 8.76. The molecule has 1 heterocycles. The Morgan fingerprint density at radius 2 is 2.00 bits per heavy atom. The molecule has 1 aliphatic rings. The Hall–Kier alpha value is -0.380. The van der Waals surface area contributed by atoms with Crippen molar-refractivity contribution in [2.45, 2.75) is 12.5 Å². The van der Waals surface area contributed by atoms with Gasteiger partial charge in [0.25, 0.3) is 0 Å². The van der Waals surface area contributed by atoms with Crippen LogP contribution in [0.4, 0.5) is 8.78 Å². The predicted molar refractivity (Wildman–Crippen MR) is 54.0 cm³/mol. The number of benzene rings is 1. The van der Waals surface area contributed by atoms with Gasteiger partial charge in [-0.1, -0.05) is 11.6 Å². The molecule has 0 radical (unpaired) electrons. The minimum absolute atomic E-state index is 0. The minimum Gasteiger partial charge on any atom is -0.310 e. The quantitative estimate of drug-likeness (QED) is 0.744. The standard InChI is InChI=1S/C9H8ClF2N.ClH/c10-5-1-2-6(11)8(9(5)12)7-3-4-13-7;/h1-2,7,13H,3-4H2;1H/t7-;/m0./s1. The lowest BCUT2D eigenvalue weighted by Gasteiger charge is -2.28. The second-order valence-electron chi connectivity index (χ2n) is 3.05. The zero-order valence-electron chi connectivity index (χ0n) is 7.19. The first-order valence-electron chi connectivity index (χ1n) is 4.07. The molecular formula is C9H9Cl2F2N. The summed E-state index contributed by atoms with van der Waals surface area (Å²) in [4.78, 5) is 0. The Kier molecular flexibility index (Phi) is 3.70. The highest BCUT2D eigenvalue weighted by atomic mass is 35.5. The van der Waals surface area contributed by atoms with Crippen LogP contribution < -0.4 is 5.32 Å². The molecule has 1 N–H and O–H groups in total. The smallest absolute Gasteiger partial charge is 0.149 e. The van der Waals surface area contributed by atoms with Crippen molar-refractivity contribution >= 4 is 24.0 Å². The highest BCUT2D eigenvalue weighted by Crippen LogP contribution is 2.30. The molecule has 0 amide bonds. The zero-order chi connectivity index (χ0) is 9.42. The molecule has 1 aliphatic heterocycles. The Balaban J connectivity index is 0.000000980.